The highest BCUT2D eigenvalue weighted by Crippen LogP contribution is 2.18. The number of hydrogen-bond donors (Lipinski definition) is 0. The number of nitrogens with zero attached hydrogens (tertiary/aromatic N) is 4. The Morgan fingerprint density at radius 3 is 2.29 bits per heavy atom. The molecule has 9 nitrogen and oxygen atoms in total. The molecule has 3 aromatic rings. The Bertz CT molecular complexity index is 1310. The number of amides is 1. The largest absolute Gasteiger partial charge is 0.492 e. The highest BCUT2D eigenvalue weighted by Gasteiger charge is 2.31. The van der Waals surface area contributed by atoms with Gasteiger partial charge in [-0.05, 0) is 42.5 Å². The Labute approximate surface area is 196 Å². The molecular weight excluding hydrogens is 463 g/mol. The van der Waals surface area contributed by atoms with Crippen LogP contribution >= 0.6 is 0 Å². The third-order valence-electron chi connectivity index (χ3n) is 5.38. The standard InChI is InChI=1S/C23H23FN4O5S/c24-18-6-8-20(9-7-18)34(31,32)27-14-12-26(13-15-27)23(30)21-10-11-22(29)28(25-21)16-17-33-19-4-2-1-3-5-19/h1-11H,12-17H2. The first-order valence-corrected chi connectivity index (χ1v) is 12.1. The molecule has 0 saturated carbocycles. The Morgan fingerprint density at radius 2 is 1.62 bits per heavy atom. The van der Waals surface area contributed by atoms with Crippen molar-refractivity contribution in [3.8, 4) is 5.75 Å². The van der Waals surface area contributed by atoms with Gasteiger partial charge in [0.2, 0.25) is 10.0 Å². The highest BCUT2D eigenvalue weighted by atomic mass is 32.2. The predicted molar refractivity (Wildman–Crippen MR) is 121 cm³/mol. The number of rotatable bonds is 7. The minimum absolute atomic E-state index is 0.000131. The molecule has 2 heterocycles. The Balaban J connectivity index is 1.37. The minimum atomic E-state index is -3.78. The van der Waals surface area contributed by atoms with Crippen LogP contribution in [0.15, 0.2) is 76.4 Å². The van der Waals surface area contributed by atoms with Gasteiger partial charge in [0, 0.05) is 32.2 Å². The first-order valence-electron chi connectivity index (χ1n) is 10.7. The lowest BCUT2D eigenvalue weighted by molar-refractivity contribution is 0.0688. The topological polar surface area (TPSA) is 102 Å². The average Bonchev–Trinajstić information content (AvgIpc) is 2.86. The van der Waals surface area contributed by atoms with E-state index in [2.05, 4.69) is 5.10 Å². The summed E-state index contributed by atoms with van der Waals surface area (Å²) < 4.78 is 46.7. The predicted octanol–water partition coefficient (Wildman–Crippen LogP) is 1.61. The summed E-state index contributed by atoms with van der Waals surface area (Å²) in [6, 6.07) is 16.4. The zero-order valence-corrected chi connectivity index (χ0v) is 19.0. The quantitative estimate of drug-likeness (QED) is 0.503. The van der Waals surface area contributed by atoms with Crippen LogP contribution in [0, 0.1) is 5.82 Å². The fourth-order valence-corrected chi connectivity index (χ4v) is 4.96. The summed E-state index contributed by atoms with van der Waals surface area (Å²) in [5.74, 6) is -0.248. The van der Waals surface area contributed by atoms with Gasteiger partial charge in [0.25, 0.3) is 11.5 Å². The molecule has 0 aliphatic carbocycles. The van der Waals surface area contributed by atoms with Gasteiger partial charge in [0.05, 0.1) is 11.4 Å². The van der Waals surface area contributed by atoms with Crippen molar-refractivity contribution in [2.45, 2.75) is 11.4 Å². The molecule has 0 spiro atoms. The zero-order chi connectivity index (χ0) is 24.1. The van der Waals surface area contributed by atoms with Crippen molar-refractivity contribution in [3.63, 3.8) is 0 Å². The van der Waals surface area contributed by atoms with Crippen molar-refractivity contribution in [3.05, 3.63) is 88.6 Å². The molecule has 1 aliphatic rings. The monoisotopic (exact) mass is 486 g/mol. The number of halogens is 1. The van der Waals surface area contributed by atoms with E-state index in [4.69, 9.17) is 4.74 Å². The number of hydrogen-bond acceptors (Lipinski definition) is 6. The van der Waals surface area contributed by atoms with E-state index >= 15 is 0 Å². The highest BCUT2D eigenvalue weighted by molar-refractivity contribution is 7.89. The molecule has 0 N–H and O–H groups in total. The molecule has 0 bridgehead atoms. The maximum Gasteiger partial charge on any atom is 0.274 e. The van der Waals surface area contributed by atoms with Crippen LogP contribution in [0.25, 0.3) is 0 Å². The molecule has 0 radical (unpaired) electrons. The van der Waals surface area contributed by atoms with Gasteiger partial charge in [-0.15, -0.1) is 0 Å². The zero-order valence-electron chi connectivity index (χ0n) is 18.2. The van der Waals surface area contributed by atoms with Crippen LogP contribution in [0.3, 0.4) is 0 Å². The van der Waals surface area contributed by atoms with E-state index in [0.29, 0.717) is 5.75 Å². The number of sulfonamides is 1. The summed E-state index contributed by atoms with van der Waals surface area (Å²) in [5, 5.41) is 4.17. The molecule has 11 heteroatoms. The van der Waals surface area contributed by atoms with E-state index < -0.39 is 21.7 Å². The average molecular weight is 487 g/mol. The molecule has 4 rings (SSSR count). The maximum atomic E-state index is 13.1. The van der Waals surface area contributed by atoms with Crippen LogP contribution in [0.4, 0.5) is 4.39 Å². The van der Waals surface area contributed by atoms with E-state index in [9.17, 15) is 22.4 Å². The lowest BCUT2D eigenvalue weighted by Crippen LogP contribution is -2.50. The fraction of sp³-hybridized carbons (Fsp3) is 0.261. The van der Waals surface area contributed by atoms with Crippen molar-refractivity contribution in [2.24, 2.45) is 0 Å². The van der Waals surface area contributed by atoms with Crippen molar-refractivity contribution < 1.29 is 22.3 Å². The van der Waals surface area contributed by atoms with E-state index in [-0.39, 0.29) is 55.5 Å². The van der Waals surface area contributed by atoms with E-state index in [1.165, 1.54) is 38.2 Å². The summed E-state index contributed by atoms with van der Waals surface area (Å²) in [7, 11) is -3.78. The number of carbonyl (C=O) groups excluding carboxylic acids is 1. The van der Waals surface area contributed by atoms with Crippen LogP contribution in [0.5, 0.6) is 5.75 Å². The molecule has 1 amide bonds. The van der Waals surface area contributed by atoms with Gasteiger partial charge in [0.15, 0.2) is 0 Å². The lowest BCUT2D eigenvalue weighted by Gasteiger charge is -2.33. The Morgan fingerprint density at radius 1 is 0.941 bits per heavy atom. The third-order valence-corrected chi connectivity index (χ3v) is 7.29. The molecule has 1 aliphatic heterocycles. The van der Waals surface area contributed by atoms with Crippen LogP contribution in [-0.2, 0) is 16.6 Å². The van der Waals surface area contributed by atoms with Gasteiger partial charge in [-0.25, -0.2) is 17.5 Å². The van der Waals surface area contributed by atoms with E-state index in [1.54, 1.807) is 12.1 Å². The molecule has 178 valence electrons. The molecule has 34 heavy (non-hydrogen) atoms. The van der Waals surface area contributed by atoms with Crippen LogP contribution < -0.4 is 10.3 Å². The molecule has 0 atom stereocenters. The molecule has 0 unspecified atom stereocenters. The van der Waals surface area contributed by atoms with Crippen LogP contribution in [0.1, 0.15) is 10.5 Å². The number of benzene rings is 2. The number of para-hydroxylation sites is 1. The molecule has 1 aromatic heterocycles. The lowest BCUT2D eigenvalue weighted by atomic mass is 10.3. The van der Waals surface area contributed by atoms with Crippen LogP contribution in [-0.4, -0.2) is 66.1 Å². The fourth-order valence-electron chi connectivity index (χ4n) is 3.54. The van der Waals surface area contributed by atoms with Gasteiger partial charge in [-0.2, -0.15) is 9.40 Å². The Kier molecular flexibility index (Phi) is 7.03. The number of piperazine rings is 1. The summed E-state index contributed by atoms with van der Waals surface area (Å²) >= 11 is 0. The Hall–Kier alpha value is -3.57. The van der Waals surface area contributed by atoms with Crippen molar-refractivity contribution in [1.82, 2.24) is 19.0 Å². The third kappa shape index (κ3) is 5.32. The van der Waals surface area contributed by atoms with Gasteiger partial charge in [-0.3, -0.25) is 9.59 Å². The minimum Gasteiger partial charge on any atom is -0.492 e. The van der Waals surface area contributed by atoms with Gasteiger partial charge < -0.3 is 9.64 Å². The van der Waals surface area contributed by atoms with Crippen molar-refractivity contribution in [1.29, 1.82) is 0 Å². The van der Waals surface area contributed by atoms with Crippen LogP contribution in [0.2, 0.25) is 0 Å². The molecular formula is C23H23FN4O5S. The second-order valence-corrected chi connectivity index (χ2v) is 9.53. The van der Waals surface area contributed by atoms with Gasteiger partial charge >= 0.3 is 0 Å². The molecule has 1 fully saturated rings. The van der Waals surface area contributed by atoms with E-state index in [1.807, 2.05) is 18.2 Å². The van der Waals surface area contributed by atoms with Gasteiger partial charge in [-0.1, -0.05) is 18.2 Å². The smallest absolute Gasteiger partial charge is 0.274 e. The summed E-state index contributed by atoms with van der Waals surface area (Å²) in [6.45, 7) is 0.882. The van der Waals surface area contributed by atoms with Gasteiger partial charge in [0.1, 0.15) is 23.9 Å². The van der Waals surface area contributed by atoms with Crippen molar-refractivity contribution in [2.75, 3.05) is 32.8 Å². The molecule has 2 aromatic carbocycles. The van der Waals surface area contributed by atoms with Crippen molar-refractivity contribution >= 4 is 15.9 Å². The van der Waals surface area contributed by atoms with E-state index in [0.717, 1.165) is 12.1 Å². The number of aromatic nitrogens is 2. The first kappa shape index (κ1) is 23.6. The number of carbonyl (C=O) groups is 1. The summed E-state index contributed by atoms with van der Waals surface area (Å²) in [6.07, 6.45) is 0. The maximum absolute atomic E-state index is 13.1. The second kappa shape index (κ2) is 10.1. The second-order valence-electron chi connectivity index (χ2n) is 7.59. The summed E-state index contributed by atoms with van der Waals surface area (Å²) in [5.41, 5.74) is -0.266. The number of ether oxygens (including phenoxy) is 1. The molecule has 1 saturated heterocycles. The normalized spacial score (nSPS) is 14.7. The summed E-state index contributed by atoms with van der Waals surface area (Å²) in [4.78, 5) is 26.6. The first-order chi connectivity index (χ1) is 16.3. The SMILES string of the molecule is O=C(c1ccc(=O)n(CCOc2ccccc2)n1)N1CCN(S(=O)(=O)c2ccc(F)cc2)CC1.